The molecule has 0 radical (unpaired) electrons. The standard InChI is InChI=1S/C16H25FN4O.HI/c1-12(2)20-16(18)19-11-15(21-7-9-22-10-8-21)13-3-5-14(17)6-4-13;/h3-6,12,15H,7-11H2,1-2H3,(H3,18,19,20);1H. The van der Waals surface area contributed by atoms with E-state index in [-0.39, 0.29) is 41.9 Å². The first kappa shape index (κ1) is 20.1. The van der Waals surface area contributed by atoms with Gasteiger partial charge in [-0.25, -0.2) is 4.39 Å². The Morgan fingerprint density at radius 1 is 1.30 bits per heavy atom. The van der Waals surface area contributed by atoms with Crippen LogP contribution in [0, 0.1) is 5.82 Å². The van der Waals surface area contributed by atoms with Crippen LogP contribution < -0.4 is 11.1 Å². The summed E-state index contributed by atoms with van der Waals surface area (Å²) in [5.74, 6) is 0.212. The maximum atomic E-state index is 13.2. The molecule has 1 heterocycles. The summed E-state index contributed by atoms with van der Waals surface area (Å²) in [5.41, 5.74) is 6.94. The maximum Gasteiger partial charge on any atom is 0.188 e. The number of benzene rings is 1. The van der Waals surface area contributed by atoms with E-state index in [9.17, 15) is 4.39 Å². The third-order valence-electron chi connectivity index (χ3n) is 3.61. The Bertz CT molecular complexity index is 489. The predicted octanol–water partition coefficient (Wildman–Crippen LogP) is 2.13. The van der Waals surface area contributed by atoms with Gasteiger partial charge in [0.25, 0.3) is 0 Å². The number of guanidine groups is 1. The number of hydrogen-bond donors (Lipinski definition) is 2. The molecule has 1 fully saturated rings. The average molecular weight is 436 g/mol. The van der Waals surface area contributed by atoms with E-state index in [0.717, 1.165) is 18.7 Å². The second-order valence-electron chi connectivity index (χ2n) is 5.74. The molecule has 1 atom stereocenters. The van der Waals surface area contributed by atoms with Crippen molar-refractivity contribution in [3.8, 4) is 0 Å². The summed E-state index contributed by atoms with van der Waals surface area (Å²) >= 11 is 0. The van der Waals surface area contributed by atoms with Crippen LogP contribution in [-0.4, -0.2) is 49.7 Å². The number of nitrogens with two attached hydrogens (primary N) is 1. The number of hydrogen-bond acceptors (Lipinski definition) is 3. The summed E-state index contributed by atoms with van der Waals surface area (Å²) in [6.07, 6.45) is 0. The zero-order chi connectivity index (χ0) is 15.9. The summed E-state index contributed by atoms with van der Waals surface area (Å²) in [6, 6.07) is 6.94. The molecule has 7 heteroatoms. The van der Waals surface area contributed by atoms with Gasteiger partial charge >= 0.3 is 0 Å². The molecule has 2 rings (SSSR count). The first-order valence-corrected chi connectivity index (χ1v) is 7.70. The number of halogens is 2. The second-order valence-corrected chi connectivity index (χ2v) is 5.74. The van der Waals surface area contributed by atoms with E-state index in [0.29, 0.717) is 25.7 Å². The first-order chi connectivity index (χ1) is 10.6. The highest BCUT2D eigenvalue weighted by Crippen LogP contribution is 2.22. The Labute approximate surface area is 154 Å². The normalized spacial score (nSPS) is 17.7. The van der Waals surface area contributed by atoms with Gasteiger partial charge in [0.2, 0.25) is 0 Å². The van der Waals surface area contributed by atoms with Crippen LogP contribution in [0.3, 0.4) is 0 Å². The molecule has 1 aliphatic rings. The highest BCUT2D eigenvalue weighted by atomic mass is 127. The molecule has 0 amide bonds. The van der Waals surface area contributed by atoms with Crippen molar-refractivity contribution < 1.29 is 9.13 Å². The fourth-order valence-corrected chi connectivity index (χ4v) is 2.53. The van der Waals surface area contributed by atoms with Gasteiger partial charge in [0.15, 0.2) is 5.96 Å². The fraction of sp³-hybridized carbons (Fsp3) is 0.562. The van der Waals surface area contributed by atoms with Crippen LogP contribution in [0.5, 0.6) is 0 Å². The Hall–Kier alpha value is -0.930. The van der Waals surface area contributed by atoms with Crippen molar-refractivity contribution in [1.82, 2.24) is 10.2 Å². The van der Waals surface area contributed by atoms with Gasteiger partial charge in [0.05, 0.1) is 25.8 Å². The Balaban J connectivity index is 0.00000264. The molecule has 1 unspecified atom stereocenters. The molecule has 1 saturated heterocycles. The Kier molecular flexibility index (Phi) is 8.78. The summed E-state index contributed by atoms with van der Waals surface area (Å²) < 4.78 is 18.6. The summed E-state index contributed by atoms with van der Waals surface area (Å²) in [6.45, 7) is 7.67. The van der Waals surface area contributed by atoms with E-state index in [1.165, 1.54) is 12.1 Å². The second kappa shape index (κ2) is 10.0. The van der Waals surface area contributed by atoms with Gasteiger partial charge in [-0.3, -0.25) is 9.89 Å². The zero-order valence-electron chi connectivity index (χ0n) is 13.7. The monoisotopic (exact) mass is 436 g/mol. The molecule has 0 aromatic heterocycles. The van der Waals surface area contributed by atoms with E-state index in [2.05, 4.69) is 15.2 Å². The van der Waals surface area contributed by atoms with Crippen molar-refractivity contribution in [3.05, 3.63) is 35.6 Å². The molecule has 1 aromatic carbocycles. The summed E-state index contributed by atoms with van der Waals surface area (Å²) in [7, 11) is 0. The highest BCUT2D eigenvalue weighted by Gasteiger charge is 2.22. The van der Waals surface area contributed by atoms with Gasteiger partial charge in [-0.1, -0.05) is 12.1 Å². The van der Waals surface area contributed by atoms with Crippen molar-refractivity contribution in [1.29, 1.82) is 0 Å². The molecule has 0 saturated carbocycles. The average Bonchev–Trinajstić information content (AvgIpc) is 2.49. The van der Waals surface area contributed by atoms with Crippen LogP contribution >= 0.6 is 24.0 Å². The molecule has 1 aromatic rings. The van der Waals surface area contributed by atoms with Gasteiger partial charge in [0, 0.05) is 19.1 Å². The van der Waals surface area contributed by atoms with Crippen LogP contribution in [0.1, 0.15) is 25.5 Å². The molecule has 1 aliphatic heterocycles. The molecule has 0 spiro atoms. The Morgan fingerprint density at radius 2 is 1.91 bits per heavy atom. The summed E-state index contributed by atoms with van der Waals surface area (Å²) in [4.78, 5) is 6.75. The first-order valence-electron chi connectivity index (χ1n) is 7.70. The number of rotatable bonds is 5. The third-order valence-corrected chi connectivity index (χ3v) is 3.61. The third kappa shape index (κ3) is 6.60. The van der Waals surface area contributed by atoms with Crippen molar-refractivity contribution in [2.45, 2.75) is 25.9 Å². The minimum Gasteiger partial charge on any atom is -0.379 e. The van der Waals surface area contributed by atoms with Crippen molar-refractivity contribution in [3.63, 3.8) is 0 Å². The maximum absolute atomic E-state index is 13.2. The zero-order valence-corrected chi connectivity index (χ0v) is 16.0. The van der Waals surface area contributed by atoms with Crippen LogP contribution in [0.25, 0.3) is 0 Å². The van der Waals surface area contributed by atoms with Gasteiger partial charge in [-0.05, 0) is 31.5 Å². The van der Waals surface area contributed by atoms with Crippen LogP contribution in [0.2, 0.25) is 0 Å². The van der Waals surface area contributed by atoms with Gasteiger partial charge in [-0.2, -0.15) is 0 Å². The lowest BCUT2D eigenvalue weighted by Gasteiger charge is -2.34. The molecular formula is C16H26FIN4O. The van der Waals surface area contributed by atoms with E-state index < -0.39 is 0 Å². The van der Waals surface area contributed by atoms with E-state index in [4.69, 9.17) is 10.5 Å². The van der Waals surface area contributed by atoms with Gasteiger partial charge < -0.3 is 15.8 Å². The molecule has 0 aliphatic carbocycles. The van der Waals surface area contributed by atoms with Crippen LogP contribution in [0.4, 0.5) is 4.39 Å². The molecule has 130 valence electrons. The van der Waals surface area contributed by atoms with Crippen LogP contribution in [0.15, 0.2) is 29.3 Å². The lowest BCUT2D eigenvalue weighted by atomic mass is 10.0. The molecule has 0 bridgehead atoms. The minimum atomic E-state index is -0.228. The minimum absolute atomic E-state index is 0. The van der Waals surface area contributed by atoms with Crippen molar-refractivity contribution in [2.75, 3.05) is 32.8 Å². The quantitative estimate of drug-likeness (QED) is 0.422. The van der Waals surface area contributed by atoms with Gasteiger partial charge in [-0.15, -0.1) is 24.0 Å². The fourth-order valence-electron chi connectivity index (χ4n) is 2.53. The number of ether oxygens (including phenoxy) is 1. The van der Waals surface area contributed by atoms with Crippen LogP contribution in [-0.2, 0) is 4.74 Å². The smallest absolute Gasteiger partial charge is 0.188 e. The predicted molar refractivity (Wildman–Crippen MR) is 102 cm³/mol. The SMILES string of the molecule is CC(C)NC(N)=NCC(c1ccc(F)cc1)N1CCOCC1.I. The molecule has 3 N–H and O–H groups in total. The molecule has 23 heavy (non-hydrogen) atoms. The lowest BCUT2D eigenvalue weighted by Crippen LogP contribution is -2.41. The highest BCUT2D eigenvalue weighted by molar-refractivity contribution is 14.0. The molecular weight excluding hydrogens is 410 g/mol. The number of aliphatic imine (C=N–C) groups is 1. The van der Waals surface area contributed by atoms with Crippen molar-refractivity contribution >= 4 is 29.9 Å². The van der Waals surface area contributed by atoms with E-state index in [1.807, 2.05) is 26.0 Å². The lowest BCUT2D eigenvalue weighted by molar-refractivity contribution is 0.0179. The van der Waals surface area contributed by atoms with Crippen molar-refractivity contribution in [2.24, 2.45) is 10.7 Å². The van der Waals surface area contributed by atoms with Gasteiger partial charge in [0.1, 0.15) is 5.82 Å². The largest absolute Gasteiger partial charge is 0.379 e. The van der Waals surface area contributed by atoms with E-state index >= 15 is 0 Å². The topological polar surface area (TPSA) is 62.9 Å². The number of nitrogens with one attached hydrogen (secondary N) is 1. The Morgan fingerprint density at radius 3 is 2.48 bits per heavy atom. The summed E-state index contributed by atoms with van der Waals surface area (Å²) in [5, 5.41) is 3.09. The number of nitrogens with zero attached hydrogens (tertiary/aromatic N) is 2. The molecule has 5 nitrogen and oxygen atoms in total. The number of morpholine rings is 1. The van der Waals surface area contributed by atoms with E-state index in [1.54, 1.807) is 0 Å².